The molecule has 152 valence electrons. The van der Waals surface area contributed by atoms with Crippen molar-refractivity contribution in [3.63, 3.8) is 0 Å². The van der Waals surface area contributed by atoms with Crippen molar-refractivity contribution in [2.24, 2.45) is 0 Å². The average molecular weight is 404 g/mol. The highest BCUT2D eigenvalue weighted by Crippen LogP contribution is 2.26. The summed E-state index contributed by atoms with van der Waals surface area (Å²) >= 11 is 0. The summed E-state index contributed by atoms with van der Waals surface area (Å²) < 4.78 is 16.0. The molecular formula is C23H20N2O5. The van der Waals surface area contributed by atoms with E-state index in [-0.39, 0.29) is 5.56 Å². The van der Waals surface area contributed by atoms with Gasteiger partial charge in [0.05, 0.1) is 12.7 Å². The van der Waals surface area contributed by atoms with Gasteiger partial charge in [0.25, 0.3) is 5.56 Å². The maximum Gasteiger partial charge on any atom is 0.337 e. The Balaban J connectivity index is 1.62. The number of carbonyl (C=O) groups excluding carboxylic acids is 1. The van der Waals surface area contributed by atoms with Gasteiger partial charge >= 0.3 is 5.97 Å². The van der Waals surface area contributed by atoms with Crippen molar-refractivity contribution in [1.29, 1.82) is 5.26 Å². The third-order valence-electron chi connectivity index (χ3n) is 4.32. The second-order valence-electron chi connectivity index (χ2n) is 6.42. The Hall–Kier alpha value is -4.05. The summed E-state index contributed by atoms with van der Waals surface area (Å²) in [6, 6.07) is 17.5. The summed E-state index contributed by atoms with van der Waals surface area (Å²) in [5.74, 6) is 0.802. The molecule has 0 radical (unpaired) electrons. The number of hydrogen-bond donors (Lipinski definition) is 1. The van der Waals surface area contributed by atoms with Crippen molar-refractivity contribution in [3.8, 4) is 28.7 Å². The largest absolute Gasteiger partial charge is 0.490 e. The Morgan fingerprint density at radius 2 is 1.73 bits per heavy atom. The minimum Gasteiger partial charge on any atom is -0.490 e. The Bertz CT molecular complexity index is 1140. The van der Waals surface area contributed by atoms with Crippen LogP contribution in [0.5, 0.6) is 11.5 Å². The Morgan fingerprint density at radius 3 is 2.40 bits per heavy atom. The lowest BCUT2D eigenvalue weighted by atomic mass is 10.0. The first-order valence-corrected chi connectivity index (χ1v) is 9.20. The number of methoxy groups -OCH3 is 1. The lowest BCUT2D eigenvalue weighted by molar-refractivity contribution is 0.0600. The number of aromatic amines is 1. The molecule has 3 rings (SSSR count). The van der Waals surface area contributed by atoms with Crippen LogP contribution in [-0.2, 0) is 4.74 Å². The molecule has 1 aromatic heterocycles. The van der Waals surface area contributed by atoms with E-state index < -0.39 is 11.5 Å². The summed E-state index contributed by atoms with van der Waals surface area (Å²) in [4.78, 5) is 26.1. The van der Waals surface area contributed by atoms with E-state index in [2.05, 4.69) is 9.72 Å². The highest BCUT2D eigenvalue weighted by molar-refractivity contribution is 5.89. The van der Waals surface area contributed by atoms with E-state index in [1.807, 2.05) is 12.1 Å². The predicted molar refractivity (Wildman–Crippen MR) is 111 cm³/mol. The SMILES string of the molecule is COC(=O)c1ccc(OCCOc2cccc(-c3cc(C)[nH]c(=O)c3C#N)c2)cc1. The Labute approximate surface area is 173 Å². The van der Waals surface area contributed by atoms with Gasteiger partial charge in [0.2, 0.25) is 0 Å². The molecule has 1 heterocycles. The molecule has 0 aliphatic carbocycles. The number of ether oxygens (including phenoxy) is 3. The van der Waals surface area contributed by atoms with Crippen molar-refractivity contribution in [2.45, 2.75) is 6.92 Å². The lowest BCUT2D eigenvalue weighted by Crippen LogP contribution is -2.12. The van der Waals surface area contributed by atoms with Crippen molar-refractivity contribution in [3.05, 3.63) is 81.8 Å². The van der Waals surface area contributed by atoms with Gasteiger partial charge in [0.15, 0.2) is 0 Å². The van der Waals surface area contributed by atoms with Crippen LogP contribution in [0.2, 0.25) is 0 Å². The molecule has 0 fully saturated rings. The van der Waals surface area contributed by atoms with Crippen LogP contribution in [0, 0.1) is 18.3 Å². The zero-order valence-electron chi connectivity index (χ0n) is 16.6. The first-order valence-electron chi connectivity index (χ1n) is 9.20. The predicted octanol–water partition coefficient (Wildman–Crippen LogP) is 3.47. The van der Waals surface area contributed by atoms with Gasteiger partial charge in [-0.3, -0.25) is 4.79 Å². The van der Waals surface area contributed by atoms with Crippen LogP contribution in [0.4, 0.5) is 0 Å². The third-order valence-corrected chi connectivity index (χ3v) is 4.32. The van der Waals surface area contributed by atoms with Gasteiger partial charge < -0.3 is 19.2 Å². The fourth-order valence-electron chi connectivity index (χ4n) is 2.90. The molecule has 2 aromatic carbocycles. The molecule has 1 N–H and O–H groups in total. The molecular weight excluding hydrogens is 384 g/mol. The highest BCUT2D eigenvalue weighted by atomic mass is 16.5. The first kappa shape index (κ1) is 20.7. The topological polar surface area (TPSA) is 101 Å². The number of nitrogens with zero attached hydrogens (tertiary/aromatic N) is 1. The zero-order valence-corrected chi connectivity index (χ0v) is 16.6. The molecule has 0 atom stereocenters. The normalized spacial score (nSPS) is 10.2. The van der Waals surface area contributed by atoms with Gasteiger partial charge in [-0.15, -0.1) is 0 Å². The Kier molecular flexibility index (Phi) is 6.50. The van der Waals surface area contributed by atoms with Crippen LogP contribution in [0.3, 0.4) is 0 Å². The molecule has 0 aliphatic heterocycles. The van der Waals surface area contributed by atoms with E-state index in [0.717, 1.165) is 5.56 Å². The average Bonchev–Trinajstić information content (AvgIpc) is 2.76. The van der Waals surface area contributed by atoms with E-state index in [4.69, 9.17) is 9.47 Å². The molecule has 0 spiro atoms. The molecule has 0 saturated carbocycles. The summed E-state index contributed by atoms with van der Waals surface area (Å²) in [7, 11) is 1.33. The second-order valence-corrected chi connectivity index (χ2v) is 6.42. The van der Waals surface area contributed by atoms with Crippen LogP contribution in [0.25, 0.3) is 11.1 Å². The van der Waals surface area contributed by atoms with Gasteiger partial charge in [0.1, 0.15) is 36.3 Å². The molecule has 0 saturated heterocycles. The monoisotopic (exact) mass is 404 g/mol. The van der Waals surface area contributed by atoms with Gasteiger partial charge in [-0.05, 0) is 55.0 Å². The minimum atomic E-state index is -0.412. The van der Waals surface area contributed by atoms with E-state index in [0.29, 0.717) is 41.5 Å². The zero-order chi connectivity index (χ0) is 21.5. The molecule has 7 heteroatoms. The number of H-pyrrole nitrogens is 1. The number of carbonyl (C=O) groups is 1. The third kappa shape index (κ3) is 4.86. The highest BCUT2D eigenvalue weighted by Gasteiger charge is 2.11. The van der Waals surface area contributed by atoms with Crippen molar-refractivity contribution >= 4 is 5.97 Å². The number of aromatic nitrogens is 1. The van der Waals surface area contributed by atoms with Crippen molar-refractivity contribution in [2.75, 3.05) is 20.3 Å². The Morgan fingerprint density at radius 1 is 1.03 bits per heavy atom. The van der Waals surface area contributed by atoms with Gasteiger partial charge in [-0.1, -0.05) is 12.1 Å². The maximum absolute atomic E-state index is 12.0. The van der Waals surface area contributed by atoms with Crippen LogP contribution in [-0.4, -0.2) is 31.3 Å². The fourth-order valence-corrected chi connectivity index (χ4v) is 2.90. The molecule has 7 nitrogen and oxygen atoms in total. The first-order chi connectivity index (χ1) is 14.5. The van der Waals surface area contributed by atoms with Gasteiger partial charge in [-0.2, -0.15) is 5.26 Å². The quantitative estimate of drug-likeness (QED) is 0.478. The van der Waals surface area contributed by atoms with Crippen LogP contribution in [0.15, 0.2) is 59.4 Å². The number of aryl methyl sites for hydroxylation is 1. The van der Waals surface area contributed by atoms with Gasteiger partial charge in [0, 0.05) is 11.3 Å². The molecule has 0 bridgehead atoms. The molecule has 0 amide bonds. The minimum absolute atomic E-state index is 0.0662. The molecule has 0 aliphatic rings. The maximum atomic E-state index is 12.0. The van der Waals surface area contributed by atoms with Crippen molar-refractivity contribution < 1.29 is 19.0 Å². The summed E-state index contributed by atoms with van der Waals surface area (Å²) in [6.45, 7) is 2.36. The molecule has 30 heavy (non-hydrogen) atoms. The number of benzene rings is 2. The number of rotatable bonds is 7. The molecule has 3 aromatic rings. The summed E-state index contributed by atoms with van der Waals surface area (Å²) in [5.41, 5.74) is 2.06. The van der Waals surface area contributed by atoms with E-state index >= 15 is 0 Å². The van der Waals surface area contributed by atoms with Gasteiger partial charge in [-0.25, -0.2) is 4.79 Å². The van der Waals surface area contributed by atoms with Crippen LogP contribution in [0.1, 0.15) is 21.6 Å². The second kappa shape index (κ2) is 9.43. The van der Waals surface area contributed by atoms with Crippen LogP contribution < -0.4 is 15.0 Å². The summed E-state index contributed by atoms with van der Waals surface area (Å²) in [5, 5.41) is 9.32. The lowest BCUT2D eigenvalue weighted by Gasteiger charge is -2.11. The van der Waals surface area contributed by atoms with E-state index in [1.165, 1.54) is 7.11 Å². The van der Waals surface area contributed by atoms with Crippen LogP contribution >= 0.6 is 0 Å². The number of nitriles is 1. The van der Waals surface area contributed by atoms with E-state index in [1.54, 1.807) is 55.5 Å². The van der Waals surface area contributed by atoms with E-state index in [9.17, 15) is 14.9 Å². The number of hydrogen-bond acceptors (Lipinski definition) is 6. The fraction of sp³-hybridized carbons (Fsp3) is 0.174. The number of esters is 1. The standard InChI is InChI=1S/C23H20N2O5/c1-15-12-20(21(14-24)22(26)25-15)17-4-3-5-19(13-17)30-11-10-29-18-8-6-16(7-9-18)23(27)28-2/h3-9,12-13H,10-11H2,1-2H3,(H,25,26). The smallest absolute Gasteiger partial charge is 0.337 e. The number of nitrogens with one attached hydrogen (secondary N) is 1. The summed E-state index contributed by atoms with van der Waals surface area (Å²) in [6.07, 6.45) is 0. The van der Waals surface area contributed by atoms with Crippen molar-refractivity contribution in [1.82, 2.24) is 4.98 Å². The molecule has 0 unspecified atom stereocenters. The number of pyridine rings is 1.